The van der Waals surface area contributed by atoms with Crippen molar-refractivity contribution in [3.63, 3.8) is 0 Å². The molecule has 6 nitrogen and oxygen atoms in total. The highest BCUT2D eigenvalue weighted by atomic mass is 16.3. The molecule has 1 atom stereocenters. The van der Waals surface area contributed by atoms with Gasteiger partial charge in [-0.2, -0.15) is 0 Å². The van der Waals surface area contributed by atoms with Crippen LogP contribution in [0.5, 0.6) is 0 Å². The third kappa shape index (κ3) is 3.91. The van der Waals surface area contributed by atoms with Crippen LogP contribution in [0.2, 0.25) is 0 Å². The Hall–Kier alpha value is -3.02. The monoisotopic (exact) mass is 338 g/mol. The first-order valence-corrected chi connectivity index (χ1v) is 8.27. The Morgan fingerprint density at radius 2 is 2.12 bits per heavy atom. The summed E-state index contributed by atoms with van der Waals surface area (Å²) in [5.74, 6) is 0.791. The highest BCUT2D eigenvalue weighted by molar-refractivity contribution is 5.75. The molecule has 3 aromatic rings. The zero-order valence-corrected chi connectivity index (χ0v) is 14.4. The molecule has 1 aromatic carbocycles. The van der Waals surface area contributed by atoms with Gasteiger partial charge in [-0.3, -0.25) is 0 Å². The minimum atomic E-state index is -0.313. The molecule has 0 fully saturated rings. The molecule has 2 aromatic heterocycles. The van der Waals surface area contributed by atoms with E-state index in [4.69, 9.17) is 4.42 Å². The maximum Gasteiger partial charge on any atom is 0.318 e. The summed E-state index contributed by atoms with van der Waals surface area (Å²) >= 11 is 0. The first kappa shape index (κ1) is 16.8. The highest BCUT2D eigenvalue weighted by Gasteiger charge is 2.23. The molecule has 6 heteroatoms. The summed E-state index contributed by atoms with van der Waals surface area (Å²) in [4.78, 5) is 19.0. The molecule has 0 bridgehead atoms. The summed E-state index contributed by atoms with van der Waals surface area (Å²) in [6.07, 6.45) is 6.88. The number of rotatable bonds is 6. The normalized spacial score (nSPS) is 11.9. The fourth-order valence-corrected chi connectivity index (χ4v) is 2.74. The highest BCUT2D eigenvalue weighted by Crippen LogP contribution is 2.20. The van der Waals surface area contributed by atoms with E-state index in [0.29, 0.717) is 13.1 Å². The molecule has 25 heavy (non-hydrogen) atoms. The van der Waals surface area contributed by atoms with Crippen LogP contribution in [0, 0.1) is 0 Å². The average Bonchev–Trinajstić information content (AvgIpc) is 3.30. The number of nitrogens with one attached hydrogen (secondary N) is 1. The molecule has 2 heterocycles. The van der Waals surface area contributed by atoms with Crippen LogP contribution in [-0.4, -0.2) is 27.0 Å². The van der Waals surface area contributed by atoms with Gasteiger partial charge in [-0.15, -0.1) is 0 Å². The number of urea groups is 1. The van der Waals surface area contributed by atoms with E-state index in [9.17, 15) is 4.79 Å². The minimum absolute atomic E-state index is 0.138. The van der Waals surface area contributed by atoms with Crippen LogP contribution in [0.1, 0.15) is 29.9 Å². The van der Waals surface area contributed by atoms with Crippen molar-refractivity contribution < 1.29 is 9.21 Å². The standard InChI is InChI=1S/C19H22N4O2/c1-3-23(13-15-9-12-25-14-15)19(24)21-17(16-7-5-4-6-8-16)18-20-10-11-22(18)2/h4-12,14,17H,3,13H2,1-2H3,(H,21,24)/t17-/m0/s1. The van der Waals surface area contributed by atoms with Crippen molar-refractivity contribution in [1.82, 2.24) is 19.8 Å². The van der Waals surface area contributed by atoms with Crippen molar-refractivity contribution in [2.75, 3.05) is 6.54 Å². The van der Waals surface area contributed by atoms with Crippen LogP contribution in [0.15, 0.2) is 65.7 Å². The molecule has 130 valence electrons. The van der Waals surface area contributed by atoms with Gasteiger partial charge in [-0.05, 0) is 18.6 Å². The zero-order valence-electron chi connectivity index (χ0n) is 14.4. The van der Waals surface area contributed by atoms with Gasteiger partial charge in [0.05, 0.1) is 19.1 Å². The van der Waals surface area contributed by atoms with E-state index >= 15 is 0 Å². The van der Waals surface area contributed by atoms with Crippen molar-refractivity contribution >= 4 is 6.03 Å². The summed E-state index contributed by atoms with van der Waals surface area (Å²) in [5.41, 5.74) is 1.95. The molecule has 0 saturated heterocycles. The Kier molecular flexibility index (Phi) is 5.18. The van der Waals surface area contributed by atoms with Crippen LogP contribution >= 0.6 is 0 Å². The number of hydrogen-bond donors (Lipinski definition) is 1. The molecule has 1 N–H and O–H groups in total. The van der Waals surface area contributed by atoms with Crippen LogP contribution in [-0.2, 0) is 13.6 Å². The second-order valence-electron chi connectivity index (χ2n) is 5.84. The number of aryl methyl sites for hydroxylation is 1. The maximum absolute atomic E-state index is 12.8. The predicted octanol–water partition coefficient (Wildman–Crippen LogP) is 3.33. The number of amides is 2. The summed E-state index contributed by atoms with van der Waals surface area (Å²) in [6, 6.07) is 11.3. The molecular formula is C19H22N4O2. The Labute approximate surface area is 147 Å². The van der Waals surface area contributed by atoms with E-state index < -0.39 is 0 Å². The quantitative estimate of drug-likeness (QED) is 0.750. The lowest BCUT2D eigenvalue weighted by Gasteiger charge is -2.25. The molecule has 3 rings (SSSR count). The van der Waals surface area contributed by atoms with Gasteiger partial charge in [0.1, 0.15) is 11.9 Å². The van der Waals surface area contributed by atoms with E-state index in [1.807, 2.05) is 61.1 Å². The molecule has 0 aliphatic carbocycles. The fraction of sp³-hybridized carbons (Fsp3) is 0.263. The van der Waals surface area contributed by atoms with Gasteiger partial charge in [0.2, 0.25) is 0 Å². The number of imidazole rings is 1. The van der Waals surface area contributed by atoms with E-state index in [1.165, 1.54) is 0 Å². The van der Waals surface area contributed by atoms with Crippen LogP contribution in [0.3, 0.4) is 0 Å². The summed E-state index contributed by atoms with van der Waals surface area (Å²) < 4.78 is 7.01. The second kappa shape index (κ2) is 7.70. The van der Waals surface area contributed by atoms with Crippen molar-refractivity contribution in [1.29, 1.82) is 0 Å². The third-order valence-corrected chi connectivity index (χ3v) is 4.14. The van der Waals surface area contributed by atoms with Gasteiger partial charge in [-0.25, -0.2) is 9.78 Å². The van der Waals surface area contributed by atoms with Gasteiger partial charge >= 0.3 is 6.03 Å². The van der Waals surface area contributed by atoms with Crippen molar-refractivity contribution in [3.05, 3.63) is 78.3 Å². The topological polar surface area (TPSA) is 63.3 Å². The number of nitrogens with zero attached hydrogens (tertiary/aromatic N) is 3. The maximum atomic E-state index is 12.8. The lowest BCUT2D eigenvalue weighted by molar-refractivity contribution is 0.195. The molecule has 0 spiro atoms. The first-order chi connectivity index (χ1) is 12.2. The first-order valence-electron chi connectivity index (χ1n) is 8.27. The fourth-order valence-electron chi connectivity index (χ4n) is 2.74. The van der Waals surface area contributed by atoms with Crippen LogP contribution in [0.4, 0.5) is 4.79 Å². The molecule has 0 radical (unpaired) electrons. The van der Waals surface area contributed by atoms with Gasteiger partial charge in [0.25, 0.3) is 0 Å². The van der Waals surface area contributed by atoms with Crippen LogP contribution < -0.4 is 5.32 Å². The van der Waals surface area contributed by atoms with Crippen LogP contribution in [0.25, 0.3) is 0 Å². The van der Waals surface area contributed by atoms with Crippen molar-refractivity contribution in [3.8, 4) is 0 Å². The molecule has 0 aliphatic rings. The van der Waals surface area contributed by atoms with E-state index in [-0.39, 0.29) is 12.1 Å². The smallest absolute Gasteiger partial charge is 0.318 e. The zero-order chi connectivity index (χ0) is 17.6. The number of furan rings is 1. The lowest BCUT2D eigenvalue weighted by Crippen LogP contribution is -2.42. The van der Waals surface area contributed by atoms with Gasteiger partial charge < -0.3 is 19.2 Å². The van der Waals surface area contributed by atoms with Crippen molar-refractivity contribution in [2.45, 2.75) is 19.5 Å². The average molecular weight is 338 g/mol. The largest absolute Gasteiger partial charge is 0.472 e. The molecule has 0 saturated carbocycles. The van der Waals surface area contributed by atoms with Gasteiger partial charge in [-0.1, -0.05) is 30.3 Å². The SMILES string of the molecule is CCN(Cc1ccoc1)C(=O)N[C@@H](c1ccccc1)c1nccn1C. The summed E-state index contributed by atoms with van der Waals surface area (Å²) in [6.45, 7) is 3.05. The molecule has 0 unspecified atom stereocenters. The lowest BCUT2D eigenvalue weighted by atomic mass is 10.1. The predicted molar refractivity (Wildman–Crippen MR) is 94.8 cm³/mol. The Bertz CT molecular complexity index is 796. The van der Waals surface area contributed by atoms with E-state index in [2.05, 4.69) is 10.3 Å². The summed E-state index contributed by atoms with van der Waals surface area (Å²) in [7, 11) is 1.92. The van der Waals surface area contributed by atoms with E-state index in [1.54, 1.807) is 23.6 Å². The third-order valence-electron chi connectivity index (χ3n) is 4.14. The van der Waals surface area contributed by atoms with E-state index in [0.717, 1.165) is 17.0 Å². The molecule has 2 amide bonds. The second-order valence-corrected chi connectivity index (χ2v) is 5.84. The Balaban J connectivity index is 1.82. The number of hydrogen-bond acceptors (Lipinski definition) is 3. The van der Waals surface area contributed by atoms with Crippen molar-refractivity contribution in [2.24, 2.45) is 7.05 Å². The number of aromatic nitrogens is 2. The number of carbonyl (C=O) groups excluding carboxylic acids is 1. The number of carbonyl (C=O) groups is 1. The number of benzene rings is 1. The Morgan fingerprint density at radius 3 is 2.72 bits per heavy atom. The van der Waals surface area contributed by atoms with Gasteiger partial charge in [0.15, 0.2) is 0 Å². The Morgan fingerprint density at radius 1 is 1.32 bits per heavy atom. The molecule has 0 aliphatic heterocycles. The minimum Gasteiger partial charge on any atom is -0.472 e. The summed E-state index contributed by atoms with van der Waals surface area (Å²) in [5, 5.41) is 3.11. The molecular weight excluding hydrogens is 316 g/mol. The van der Waals surface area contributed by atoms with Gasteiger partial charge in [0, 0.05) is 31.5 Å².